The highest BCUT2D eigenvalue weighted by atomic mass is 35.5. The monoisotopic (exact) mass is 1040 g/mol. The third kappa shape index (κ3) is 12.5. The number of carbonyl (C=O) groups is 4. The fourth-order valence-electron chi connectivity index (χ4n) is 8.68. The number of methoxy groups -OCH3 is 1. The number of aryl methyl sites for hydroxylation is 1. The van der Waals surface area contributed by atoms with Crippen molar-refractivity contribution in [2.75, 3.05) is 54.7 Å². The molecule has 2 aromatic carbocycles. The molecule has 19 nitrogen and oxygen atoms in total. The van der Waals surface area contributed by atoms with Crippen LogP contribution in [0.2, 0.25) is 5.02 Å². The number of amides is 4. The molecule has 0 saturated carbocycles. The number of thiophene rings is 1. The van der Waals surface area contributed by atoms with E-state index < -0.39 is 11.9 Å². The molecule has 3 N–H and O–H groups in total. The SMILES string of the molecule is COc1c(C)cnc(Cn2cnc3c(NCCC4CCN(C(=O)Cn5cc(COc6ccc(N(C(=O)CCl)C(C(=O)NCCc7ccccc7)c7cccs7)cc6Cl)nn5)CC4)nc(NC(C)=O)nc32)c1C. The first-order valence-corrected chi connectivity index (χ1v) is 25.2. The number of hydrogen-bond acceptors (Lipinski definition) is 14. The van der Waals surface area contributed by atoms with Crippen molar-refractivity contribution < 1.29 is 28.7 Å². The Kier molecular flexibility index (Phi) is 17.0. The van der Waals surface area contributed by atoms with Gasteiger partial charge in [0.15, 0.2) is 17.0 Å². The zero-order valence-electron chi connectivity index (χ0n) is 40.3. The van der Waals surface area contributed by atoms with Gasteiger partial charge in [-0.25, -0.2) is 9.67 Å². The molecule has 0 radical (unpaired) electrons. The van der Waals surface area contributed by atoms with Gasteiger partial charge in [-0.15, -0.1) is 28.0 Å². The Hall–Kier alpha value is -7.16. The van der Waals surface area contributed by atoms with Crippen LogP contribution in [0.4, 0.5) is 17.5 Å². The van der Waals surface area contributed by atoms with Gasteiger partial charge in [-0.05, 0) is 80.7 Å². The molecule has 0 aliphatic carbocycles. The Bertz CT molecular complexity index is 3020. The minimum absolute atomic E-state index is 0.00980. The summed E-state index contributed by atoms with van der Waals surface area (Å²) in [6.45, 7) is 7.94. The van der Waals surface area contributed by atoms with E-state index in [4.69, 9.17) is 32.7 Å². The Labute approximate surface area is 430 Å². The summed E-state index contributed by atoms with van der Waals surface area (Å²) in [4.78, 5) is 75.0. The van der Waals surface area contributed by atoms with E-state index in [1.807, 2.05) is 65.1 Å². The zero-order chi connectivity index (χ0) is 50.7. The van der Waals surface area contributed by atoms with Crippen LogP contribution < -0.4 is 30.3 Å². The van der Waals surface area contributed by atoms with Gasteiger partial charge in [-0.1, -0.05) is 53.2 Å². The van der Waals surface area contributed by atoms with Gasteiger partial charge in [-0.3, -0.25) is 34.4 Å². The van der Waals surface area contributed by atoms with E-state index in [1.54, 1.807) is 50.1 Å². The largest absolute Gasteiger partial charge is 0.496 e. The molecule has 5 aromatic heterocycles. The summed E-state index contributed by atoms with van der Waals surface area (Å²) in [5.41, 5.74) is 5.73. The number of anilines is 3. The number of rotatable bonds is 21. The first kappa shape index (κ1) is 51.2. The summed E-state index contributed by atoms with van der Waals surface area (Å²) in [6.07, 6.45) is 8.24. The fraction of sp³-hybridized carbons (Fsp3) is 0.360. The Morgan fingerprint density at radius 1 is 1.00 bits per heavy atom. The minimum Gasteiger partial charge on any atom is -0.496 e. The highest BCUT2D eigenvalue weighted by molar-refractivity contribution is 7.10. The maximum Gasteiger partial charge on any atom is 0.248 e. The smallest absolute Gasteiger partial charge is 0.248 e. The number of hydrogen-bond donors (Lipinski definition) is 3. The van der Waals surface area contributed by atoms with Crippen LogP contribution in [0.1, 0.15) is 65.2 Å². The first-order valence-electron chi connectivity index (χ1n) is 23.4. The average molecular weight is 1040 g/mol. The van der Waals surface area contributed by atoms with E-state index in [9.17, 15) is 19.2 Å². The van der Waals surface area contributed by atoms with Crippen LogP contribution >= 0.6 is 34.5 Å². The van der Waals surface area contributed by atoms with Gasteiger partial charge < -0.3 is 29.6 Å². The maximum atomic E-state index is 13.8. The van der Waals surface area contributed by atoms with Crippen molar-refractivity contribution >= 4 is 86.8 Å². The Morgan fingerprint density at radius 2 is 1.81 bits per heavy atom. The molecule has 376 valence electrons. The van der Waals surface area contributed by atoms with Crippen LogP contribution in [0.3, 0.4) is 0 Å². The molecule has 1 unspecified atom stereocenters. The predicted octanol–water partition coefficient (Wildman–Crippen LogP) is 7.15. The summed E-state index contributed by atoms with van der Waals surface area (Å²) in [7, 11) is 1.64. The van der Waals surface area contributed by atoms with E-state index in [-0.39, 0.29) is 47.7 Å². The number of halogens is 2. The molecule has 7 aromatic rings. The van der Waals surface area contributed by atoms with Gasteiger partial charge in [0, 0.05) is 61.0 Å². The zero-order valence-corrected chi connectivity index (χ0v) is 42.6. The van der Waals surface area contributed by atoms with E-state index in [0.29, 0.717) is 84.1 Å². The first-order chi connectivity index (χ1) is 34.9. The molecule has 0 spiro atoms. The second-order valence-corrected chi connectivity index (χ2v) is 19.0. The molecule has 1 aliphatic rings. The van der Waals surface area contributed by atoms with Gasteiger partial charge >= 0.3 is 0 Å². The number of carbonyl (C=O) groups excluding carboxylic acids is 4. The summed E-state index contributed by atoms with van der Waals surface area (Å²) >= 11 is 14.2. The topological polar surface area (TPSA) is 217 Å². The van der Waals surface area contributed by atoms with Gasteiger partial charge in [0.1, 0.15) is 42.3 Å². The van der Waals surface area contributed by atoms with Gasteiger partial charge in [0.25, 0.3) is 0 Å². The Morgan fingerprint density at radius 3 is 2.53 bits per heavy atom. The van der Waals surface area contributed by atoms with Gasteiger partial charge in [0.05, 0.1) is 36.9 Å². The number of nitrogens with one attached hydrogen (secondary N) is 3. The van der Waals surface area contributed by atoms with Crippen LogP contribution in [0.25, 0.3) is 11.2 Å². The summed E-state index contributed by atoms with van der Waals surface area (Å²) in [5.74, 6) is 0.611. The fourth-order valence-corrected chi connectivity index (χ4v) is 9.85. The normalized spacial score (nSPS) is 13.2. The molecule has 6 heterocycles. The molecular weight excluding hydrogens is 982 g/mol. The summed E-state index contributed by atoms with van der Waals surface area (Å²) < 4.78 is 15.0. The van der Waals surface area contributed by atoms with Crippen LogP contribution in [-0.4, -0.2) is 107 Å². The third-order valence-electron chi connectivity index (χ3n) is 12.3. The van der Waals surface area contributed by atoms with Crippen LogP contribution in [0.15, 0.2) is 84.8 Å². The van der Waals surface area contributed by atoms with Crippen molar-refractivity contribution in [3.8, 4) is 11.5 Å². The number of alkyl halides is 1. The van der Waals surface area contributed by atoms with Crippen molar-refractivity contribution in [1.82, 2.24) is 49.7 Å². The number of fused-ring (bicyclic) bond motifs is 1. The molecule has 0 bridgehead atoms. The average Bonchev–Trinajstić information content (AvgIpc) is 4.17. The van der Waals surface area contributed by atoms with E-state index >= 15 is 0 Å². The van der Waals surface area contributed by atoms with Gasteiger partial charge in [-0.2, -0.15) is 9.97 Å². The number of imidazole rings is 1. The number of ether oxygens (including phenoxy) is 2. The molecular formula is C50H55Cl2N13O6S. The Balaban J connectivity index is 0.821. The minimum atomic E-state index is -0.987. The quantitative estimate of drug-likeness (QED) is 0.0611. The predicted molar refractivity (Wildman–Crippen MR) is 276 cm³/mol. The number of likely N-dealkylation sites (tertiary alicyclic amines) is 1. The number of benzene rings is 2. The van der Waals surface area contributed by atoms with Crippen molar-refractivity contribution in [2.24, 2.45) is 5.92 Å². The lowest BCUT2D eigenvalue weighted by Crippen LogP contribution is -2.44. The highest BCUT2D eigenvalue weighted by Gasteiger charge is 2.34. The molecule has 22 heteroatoms. The van der Waals surface area contributed by atoms with Crippen molar-refractivity contribution in [3.05, 3.63) is 123 Å². The molecule has 1 atom stereocenters. The number of nitrogens with zero attached hydrogens (tertiary/aromatic N) is 10. The van der Waals surface area contributed by atoms with Crippen LogP contribution in [-0.2, 0) is 45.3 Å². The van der Waals surface area contributed by atoms with Crippen molar-refractivity contribution in [3.63, 3.8) is 0 Å². The van der Waals surface area contributed by atoms with Gasteiger partial charge in [0.2, 0.25) is 29.6 Å². The molecule has 72 heavy (non-hydrogen) atoms. The highest BCUT2D eigenvalue weighted by Crippen LogP contribution is 2.36. The van der Waals surface area contributed by atoms with Crippen molar-refractivity contribution in [1.29, 1.82) is 0 Å². The molecule has 1 saturated heterocycles. The molecule has 4 amide bonds. The number of piperidine rings is 1. The second kappa shape index (κ2) is 23.8. The lowest BCUT2D eigenvalue weighted by molar-refractivity contribution is -0.133. The number of pyridine rings is 1. The van der Waals surface area contributed by atoms with E-state index in [2.05, 4.69) is 46.2 Å². The summed E-state index contributed by atoms with van der Waals surface area (Å²) in [5, 5.41) is 19.6. The lowest BCUT2D eigenvalue weighted by atomic mass is 9.93. The third-order valence-corrected chi connectivity index (χ3v) is 13.8. The van der Waals surface area contributed by atoms with Crippen LogP contribution in [0, 0.1) is 19.8 Å². The lowest BCUT2D eigenvalue weighted by Gasteiger charge is -2.32. The molecule has 1 fully saturated rings. The summed E-state index contributed by atoms with van der Waals surface area (Å²) in [6, 6.07) is 17.3. The molecule has 1 aliphatic heterocycles. The number of aromatic nitrogens is 8. The van der Waals surface area contributed by atoms with Crippen LogP contribution in [0.5, 0.6) is 11.5 Å². The molecule has 8 rings (SSSR count). The second-order valence-electron chi connectivity index (χ2n) is 17.4. The van der Waals surface area contributed by atoms with E-state index in [1.165, 1.54) is 27.8 Å². The van der Waals surface area contributed by atoms with E-state index in [0.717, 1.165) is 47.4 Å². The van der Waals surface area contributed by atoms with Crippen molar-refractivity contribution in [2.45, 2.75) is 72.2 Å². The maximum absolute atomic E-state index is 13.8. The standard InChI is InChI=1S/C50H55Cl2N13O6S/c1-31-25-55-39(32(2)46(31)70-4)27-63-30-56-44-47(58-50(57-33(3)66)59-48(44)63)53-18-14-35-16-20-62(21-17-35)43(68)28-64-26-36(60-61-64)29-71-40-13-12-37(23-38(40)52)65(42(67)24-51)45(41-11-8-22-72-41)49(69)54-19-15-34-9-6-5-7-10-34/h5-13,22-23,25-26,30,35,45H,14-21,24,27-29H2,1-4H3,(H,54,69)(H2,53,57,58,59,66).